The summed E-state index contributed by atoms with van der Waals surface area (Å²) in [5, 5.41) is 8.33. The molecular weight excluding hydrogens is 158 g/mol. The van der Waals surface area contributed by atoms with Crippen LogP contribution in [0.2, 0.25) is 0 Å². The number of nitrogens with zero attached hydrogens (tertiary/aromatic N) is 1. The molecule has 0 aromatic carbocycles. The van der Waals surface area contributed by atoms with Crippen LogP contribution in [-0.4, -0.2) is 25.8 Å². The van der Waals surface area contributed by atoms with Crippen LogP contribution in [0.1, 0.15) is 19.8 Å². The monoisotopic (exact) mass is 171 g/mol. The highest BCUT2D eigenvalue weighted by molar-refractivity contribution is 5.69. The summed E-state index contributed by atoms with van der Waals surface area (Å²) in [6.07, 6.45) is 0.0294. The van der Waals surface area contributed by atoms with Gasteiger partial charge < -0.3 is 9.47 Å². The Kier molecular flexibility index (Phi) is 6.02. The number of hydrogen-bond acceptors (Lipinski definition) is 4. The van der Waals surface area contributed by atoms with Gasteiger partial charge in [0.1, 0.15) is 0 Å². The van der Waals surface area contributed by atoms with Crippen LogP contribution in [0.3, 0.4) is 0 Å². The summed E-state index contributed by atoms with van der Waals surface area (Å²) < 4.78 is 9.58. The maximum absolute atomic E-state index is 10.9. The molecule has 0 rings (SSSR count). The molecule has 0 aromatic rings. The molecule has 4 heteroatoms. The summed E-state index contributed by atoms with van der Waals surface area (Å²) in [5.74, 6) is -0.320. The van der Waals surface area contributed by atoms with Crippen LogP contribution in [-0.2, 0) is 14.3 Å². The van der Waals surface area contributed by atoms with Crippen molar-refractivity contribution in [1.82, 2.24) is 0 Å². The highest BCUT2D eigenvalue weighted by Gasteiger charge is 2.12. The Balaban J connectivity index is 3.70. The van der Waals surface area contributed by atoms with Crippen molar-refractivity contribution in [2.45, 2.75) is 25.9 Å². The lowest BCUT2D eigenvalue weighted by Crippen LogP contribution is -2.17. The Morgan fingerprint density at radius 3 is 2.75 bits per heavy atom. The van der Waals surface area contributed by atoms with Crippen molar-refractivity contribution in [2.24, 2.45) is 0 Å². The van der Waals surface area contributed by atoms with Crippen LogP contribution in [0.5, 0.6) is 0 Å². The molecule has 0 saturated heterocycles. The van der Waals surface area contributed by atoms with Gasteiger partial charge in [0.25, 0.3) is 0 Å². The summed E-state index contributed by atoms with van der Waals surface area (Å²) >= 11 is 0. The SMILES string of the molecule is CCOC(=O)C[C@H](CC#N)OC. The third kappa shape index (κ3) is 4.69. The van der Waals surface area contributed by atoms with Gasteiger partial charge in [-0.25, -0.2) is 0 Å². The van der Waals surface area contributed by atoms with Crippen LogP contribution in [0, 0.1) is 11.3 Å². The van der Waals surface area contributed by atoms with Gasteiger partial charge in [0.05, 0.1) is 31.6 Å². The molecule has 0 amide bonds. The first kappa shape index (κ1) is 10.9. The standard InChI is InChI=1S/C8H13NO3/c1-3-12-8(10)6-7(11-2)4-5-9/h7H,3-4,6H2,1-2H3/t7-/m0/s1. The summed E-state index contributed by atoms with van der Waals surface area (Å²) in [6, 6.07) is 1.93. The van der Waals surface area contributed by atoms with E-state index >= 15 is 0 Å². The van der Waals surface area contributed by atoms with Crippen molar-refractivity contribution in [2.75, 3.05) is 13.7 Å². The summed E-state index contributed by atoms with van der Waals surface area (Å²) in [7, 11) is 1.47. The van der Waals surface area contributed by atoms with Crippen molar-refractivity contribution in [3.05, 3.63) is 0 Å². The number of ether oxygens (including phenoxy) is 2. The van der Waals surface area contributed by atoms with Gasteiger partial charge in [0, 0.05) is 7.11 Å². The first-order valence-electron chi connectivity index (χ1n) is 3.80. The van der Waals surface area contributed by atoms with Gasteiger partial charge in [-0.2, -0.15) is 5.26 Å². The van der Waals surface area contributed by atoms with E-state index in [0.717, 1.165) is 0 Å². The minimum absolute atomic E-state index is 0.151. The van der Waals surface area contributed by atoms with E-state index < -0.39 is 0 Å². The van der Waals surface area contributed by atoms with Crippen LogP contribution < -0.4 is 0 Å². The number of nitriles is 1. The largest absolute Gasteiger partial charge is 0.466 e. The second kappa shape index (κ2) is 6.62. The fraction of sp³-hybridized carbons (Fsp3) is 0.750. The topological polar surface area (TPSA) is 59.3 Å². The molecule has 1 atom stereocenters. The minimum atomic E-state index is -0.339. The van der Waals surface area contributed by atoms with E-state index in [9.17, 15) is 4.79 Å². The first-order valence-corrected chi connectivity index (χ1v) is 3.80. The first-order chi connectivity index (χ1) is 5.74. The highest BCUT2D eigenvalue weighted by Crippen LogP contribution is 2.02. The molecule has 0 aromatic heterocycles. The van der Waals surface area contributed by atoms with Gasteiger partial charge in [-0.3, -0.25) is 4.79 Å². The van der Waals surface area contributed by atoms with Crippen molar-refractivity contribution < 1.29 is 14.3 Å². The number of esters is 1. The smallest absolute Gasteiger partial charge is 0.308 e. The number of rotatable bonds is 5. The molecule has 0 saturated carbocycles. The summed E-state index contributed by atoms with van der Waals surface area (Å²) in [4.78, 5) is 10.9. The summed E-state index contributed by atoms with van der Waals surface area (Å²) in [6.45, 7) is 2.10. The van der Waals surface area contributed by atoms with Gasteiger partial charge >= 0.3 is 5.97 Å². The zero-order valence-corrected chi connectivity index (χ0v) is 7.37. The maximum atomic E-state index is 10.9. The zero-order valence-electron chi connectivity index (χ0n) is 7.37. The molecular formula is C8H13NO3. The van der Waals surface area contributed by atoms with Gasteiger partial charge in [-0.15, -0.1) is 0 Å². The van der Waals surface area contributed by atoms with E-state index in [2.05, 4.69) is 0 Å². The molecule has 0 fully saturated rings. The van der Waals surface area contributed by atoms with E-state index in [1.54, 1.807) is 6.92 Å². The predicted octanol–water partition coefficient (Wildman–Crippen LogP) is 0.868. The van der Waals surface area contributed by atoms with E-state index in [4.69, 9.17) is 14.7 Å². The van der Waals surface area contributed by atoms with E-state index in [1.165, 1.54) is 7.11 Å². The average Bonchev–Trinajstić information content (AvgIpc) is 2.04. The fourth-order valence-electron chi connectivity index (χ4n) is 0.746. The lowest BCUT2D eigenvalue weighted by atomic mass is 10.2. The number of methoxy groups -OCH3 is 1. The van der Waals surface area contributed by atoms with Crippen LogP contribution >= 0.6 is 0 Å². The third-order valence-electron chi connectivity index (χ3n) is 1.35. The molecule has 12 heavy (non-hydrogen) atoms. The third-order valence-corrected chi connectivity index (χ3v) is 1.35. The van der Waals surface area contributed by atoms with Crippen molar-refractivity contribution in [3.63, 3.8) is 0 Å². The van der Waals surface area contributed by atoms with Crippen molar-refractivity contribution >= 4 is 5.97 Å². The molecule has 0 aliphatic carbocycles. The normalized spacial score (nSPS) is 11.8. The van der Waals surface area contributed by atoms with Crippen LogP contribution in [0.4, 0.5) is 0 Å². The Bertz CT molecular complexity index is 174. The second-order valence-electron chi connectivity index (χ2n) is 2.23. The maximum Gasteiger partial charge on any atom is 0.308 e. The van der Waals surface area contributed by atoms with E-state index in [0.29, 0.717) is 6.61 Å². The Hall–Kier alpha value is -1.08. The molecule has 0 spiro atoms. The molecule has 0 aliphatic heterocycles. The van der Waals surface area contributed by atoms with E-state index in [1.807, 2.05) is 6.07 Å². The van der Waals surface area contributed by atoms with Crippen molar-refractivity contribution in [3.8, 4) is 6.07 Å². The van der Waals surface area contributed by atoms with Gasteiger partial charge in [-0.05, 0) is 6.92 Å². The second-order valence-corrected chi connectivity index (χ2v) is 2.23. The number of carbonyl (C=O) groups is 1. The lowest BCUT2D eigenvalue weighted by Gasteiger charge is -2.09. The van der Waals surface area contributed by atoms with Gasteiger partial charge in [0.15, 0.2) is 0 Å². The van der Waals surface area contributed by atoms with E-state index in [-0.39, 0.29) is 24.9 Å². The molecule has 0 aliphatic rings. The fourth-order valence-corrected chi connectivity index (χ4v) is 0.746. The Labute approximate surface area is 72.1 Å². The Morgan fingerprint density at radius 1 is 1.67 bits per heavy atom. The van der Waals surface area contributed by atoms with Crippen molar-refractivity contribution in [1.29, 1.82) is 5.26 Å². The van der Waals surface area contributed by atoms with Crippen LogP contribution in [0.25, 0.3) is 0 Å². The number of hydrogen-bond donors (Lipinski definition) is 0. The predicted molar refractivity (Wildman–Crippen MR) is 42.3 cm³/mol. The Morgan fingerprint density at radius 2 is 2.33 bits per heavy atom. The summed E-state index contributed by atoms with van der Waals surface area (Å²) in [5.41, 5.74) is 0. The molecule has 68 valence electrons. The lowest BCUT2D eigenvalue weighted by molar-refractivity contribution is -0.145. The molecule has 0 radical (unpaired) electrons. The average molecular weight is 171 g/mol. The van der Waals surface area contributed by atoms with Crippen LogP contribution in [0.15, 0.2) is 0 Å². The molecule has 0 unspecified atom stereocenters. The minimum Gasteiger partial charge on any atom is -0.466 e. The quantitative estimate of drug-likeness (QED) is 0.576. The molecule has 0 N–H and O–H groups in total. The highest BCUT2D eigenvalue weighted by atomic mass is 16.5. The van der Waals surface area contributed by atoms with Gasteiger partial charge in [0.2, 0.25) is 0 Å². The molecule has 0 heterocycles. The molecule has 4 nitrogen and oxygen atoms in total. The van der Waals surface area contributed by atoms with Gasteiger partial charge in [-0.1, -0.05) is 0 Å². The number of carbonyl (C=O) groups excluding carboxylic acids is 1. The zero-order chi connectivity index (χ0) is 9.40. The molecule has 0 bridgehead atoms.